The number of aromatic hydroxyl groups is 1. The van der Waals surface area contributed by atoms with E-state index in [9.17, 15) is 69.3 Å². The number of carbonyl (C=O) groups excluding carboxylic acids is 7. The second-order valence-corrected chi connectivity index (χ2v) is 23.2. The highest BCUT2D eigenvalue weighted by molar-refractivity contribution is 7.90. The number of aromatic nitrogens is 3. The fourth-order valence-corrected chi connectivity index (χ4v) is 11.7. The van der Waals surface area contributed by atoms with E-state index in [1.54, 1.807) is 30.0 Å². The minimum absolute atomic E-state index is 0.00900. The Kier molecular flexibility index (Phi) is 23.4. The number of fused-ring (bicyclic) bond motifs is 3. The fraction of sp³-hybridized carbons (Fsp3) is 0.474. The van der Waals surface area contributed by atoms with Crippen molar-refractivity contribution >= 4 is 70.0 Å². The number of carbonyl (C=O) groups is 7. The Bertz CT molecular complexity index is 3360. The first-order chi connectivity index (χ1) is 43.1. The molecule has 0 unspecified atom stereocenters. The summed E-state index contributed by atoms with van der Waals surface area (Å²) in [5.41, 5.74) is 2.07. The molecular weight excluding hydrogens is 1220 g/mol. The standard InChI is InChI=1S/C57H69N11O20S2/c1-28-25-67-47(48(28)75)53(80)59-23-34(70)21-37(60-49(76)32-10-8-31(9-11-32)38-27-68-57(61-38)89-54(65-68)33-12-14-36(15-13-33)85-18-6-5-17-84-4)50(77)62-44(29(2)69)55(81)66-26-35(71)22-39(66)51(78)63-45(52(79)64-46(56(67)82)42(74)24-58-3)41(73)19-30-7-16-40(72)43(20-30)86-90-88-87-83/h7-16,20,27-29,34-35,37,39,41-42,44-48,69-75,83H,5-6,17-19,21-26H2,1-2,4H3,(H,59,80)(H,60,76)(H,62,77)(H,63,78)(H,64,79)/t28-,29+,34+,35+,37+,39+,41-,42-,44+,45+,46+,47+,48+/m1/s1. The molecule has 31 nitrogen and oxygen atoms in total. The fourth-order valence-electron chi connectivity index (χ4n) is 10.5. The summed E-state index contributed by atoms with van der Waals surface area (Å²) in [4.78, 5) is 111. The van der Waals surface area contributed by atoms with Gasteiger partial charge in [0.1, 0.15) is 47.0 Å². The van der Waals surface area contributed by atoms with Gasteiger partial charge in [0.25, 0.3) is 18.2 Å². The molecule has 13 atom stereocenters. The summed E-state index contributed by atoms with van der Waals surface area (Å²) in [7, 11) is 1.65. The first kappa shape index (κ1) is 67.8. The van der Waals surface area contributed by atoms with Crippen molar-refractivity contribution in [2.24, 2.45) is 5.92 Å². The second kappa shape index (κ2) is 31.1. The Hall–Kier alpha value is -8.11. The van der Waals surface area contributed by atoms with Gasteiger partial charge in [0, 0.05) is 75.2 Å². The number of nitrogens with zero attached hydrogens (tertiary/aromatic N) is 6. The molecular formula is C57H69N11O20S2. The van der Waals surface area contributed by atoms with Crippen molar-refractivity contribution in [2.75, 3.05) is 46.5 Å². The van der Waals surface area contributed by atoms with Gasteiger partial charge in [-0.2, -0.15) is 5.10 Å². The Morgan fingerprint density at radius 2 is 1.52 bits per heavy atom. The van der Waals surface area contributed by atoms with Gasteiger partial charge in [-0.3, -0.25) is 33.6 Å². The third-order valence-corrected chi connectivity index (χ3v) is 16.6. The summed E-state index contributed by atoms with van der Waals surface area (Å²) in [6, 6.07) is 5.70. The number of methoxy groups -OCH3 is 1. The van der Waals surface area contributed by atoms with Crippen molar-refractivity contribution in [3.63, 3.8) is 0 Å². The molecule has 3 aliphatic heterocycles. The van der Waals surface area contributed by atoms with E-state index >= 15 is 0 Å². The zero-order valence-electron chi connectivity index (χ0n) is 48.7. The Morgan fingerprint density at radius 3 is 2.21 bits per heavy atom. The van der Waals surface area contributed by atoms with Crippen LogP contribution in [-0.4, -0.2) is 226 Å². The molecule has 484 valence electrons. The van der Waals surface area contributed by atoms with Crippen LogP contribution in [0.2, 0.25) is 0 Å². The number of hydrogen-bond acceptors (Lipinski definition) is 24. The van der Waals surface area contributed by atoms with Crippen LogP contribution in [-0.2, 0) is 49.3 Å². The van der Waals surface area contributed by atoms with Crippen LogP contribution in [0, 0.1) is 12.5 Å². The zero-order chi connectivity index (χ0) is 64.9. The normalized spacial score (nSPS) is 24.9. The summed E-state index contributed by atoms with van der Waals surface area (Å²) in [6.45, 7) is 8.83. The molecule has 0 spiro atoms. The highest BCUT2D eigenvalue weighted by Gasteiger charge is 2.50. The highest BCUT2D eigenvalue weighted by Crippen LogP contribution is 2.33. The molecule has 3 saturated heterocycles. The summed E-state index contributed by atoms with van der Waals surface area (Å²) < 4.78 is 21.8. The van der Waals surface area contributed by atoms with Crippen LogP contribution in [0.5, 0.6) is 17.2 Å². The van der Waals surface area contributed by atoms with Gasteiger partial charge in [0.05, 0.1) is 49.0 Å². The Morgan fingerprint density at radius 1 is 0.833 bits per heavy atom. The molecule has 33 heteroatoms. The van der Waals surface area contributed by atoms with Crippen molar-refractivity contribution in [2.45, 2.75) is 119 Å². The molecule has 13 N–H and O–H groups in total. The second-order valence-electron chi connectivity index (χ2n) is 21.8. The van der Waals surface area contributed by atoms with Crippen LogP contribution in [0.15, 0.2) is 72.9 Å². The predicted molar refractivity (Wildman–Crippen MR) is 316 cm³/mol. The SMILES string of the molecule is [C-]#[N+]C[C@@H](O)[C@@H]1NC(=O)[C@H]([C@H](O)Cc2ccc(O)c(OSOOO)c2)NC(=O)[C@@H]2C[C@H](O)CN2C(=O)[C@H]([C@H](C)O)NC(=O)[C@@H](NC(=O)c2ccc(-c3cn4nc(-c5ccc(OCCCCOC)cc5)sc4n3)cc2)C[C@H](O)CNC(=O)[C@@H]2[C@@H](O)[C@H](C)CN2C1=O. The van der Waals surface area contributed by atoms with Gasteiger partial charge in [-0.25, -0.2) is 21.3 Å². The monoisotopic (exact) mass is 1290 g/mol. The van der Waals surface area contributed by atoms with Crippen LogP contribution in [0.25, 0.3) is 31.6 Å². The van der Waals surface area contributed by atoms with E-state index in [0.29, 0.717) is 34.4 Å². The molecule has 2 aromatic heterocycles. The average Bonchev–Trinajstić information content (AvgIpc) is 1.73. The van der Waals surface area contributed by atoms with Gasteiger partial charge >= 0.3 is 0 Å². The first-order valence-electron chi connectivity index (χ1n) is 28.4. The summed E-state index contributed by atoms with van der Waals surface area (Å²) in [6.07, 6.45) is -8.88. The molecule has 3 aliphatic rings. The average molecular weight is 1290 g/mol. The molecule has 7 amide bonds. The molecule has 8 rings (SSSR count). The van der Waals surface area contributed by atoms with Crippen LogP contribution in [0.4, 0.5) is 0 Å². The van der Waals surface area contributed by atoms with Gasteiger partial charge in [0.2, 0.25) is 46.9 Å². The van der Waals surface area contributed by atoms with Crippen LogP contribution in [0.3, 0.4) is 0 Å². The molecule has 90 heavy (non-hydrogen) atoms. The zero-order valence-corrected chi connectivity index (χ0v) is 50.3. The van der Waals surface area contributed by atoms with Crippen LogP contribution < -0.4 is 35.5 Å². The number of imidazole rings is 1. The lowest BCUT2D eigenvalue weighted by atomic mass is 9.99. The highest BCUT2D eigenvalue weighted by atomic mass is 32.2. The van der Waals surface area contributed by atoms with Gasteiger partial charge in [-0.1, -0.05) is 45.8 Å². The van der Waals surface area contributed by atoms with Gasteiger partial charge in [0.15, 0.2) is 17.6 Å². The molecule has 0 bridgehead atoms. The number of benzene rings is 3. The van der Waals surface area contributed by atoms with E-state index in [2.05, 4.69) is 40.8 Å². The van der Waals surface area contributed by atoms with Crippen molar-refractivity contribution in [3.05, 3.63) is 95.5 Å². The lowest BCUT2D eigenvalue weighted by molar-refractivity contribution is -0.433. The number of amides is 7. The number of hydrogen-bond donors (Lipinski definition) is 13. The van der Waals surface area contributed by atoms with E-state index < -0.39 is 165 Å². The first-order valence-corrected chi connectivity index (χ1v) is 29.9. The molecule has 0 saturated carbocycles. The minimum Gasteiger partial charge on any atom is -0.504 e. The predicted octanol–water partition coefficient (Wildman–Crippen LogP) is -1.13. The smallest absolute Gasteiger partial charge is 0.261 e. The third kappa shape index (κ3) is 16.6. The number of phenolic OH excluding ortho intramolecular Hbond substituents is 1. The molecule has 0 aliphatic carbocycles. The minimum atomic E-state index is -2.15. The molecule has 5 heterocycles. The maximum Gasteiger partial charge on any atom is 0.261 e. The van der Waals surface area contributed by atoms with Gasteiger partial charge in [-0.15, -0.1) is 0 Å². The summed E-state index contributed by atoms with van der Waals surface area (Å²) in [5, 5.41) is 108. The van der Waals surface area contributed by atoms with E-state index in [0.717, 1.165) is 53.0 Å². The van der Waals surface area contributed by atoms with E-state index in [4.69, 9.17) is 35.6 Å². The maximum absolute atomic E-state index is 14.6. The number of rotatable bonds is 20. The quantitative estimate of drug-likeness (QED) is 0.0144. The van der Waals surface area contributed by atoms with Gasteiger partial charge in [-0.05, 0) is 73.9 Å². The Balaban J connectivity index is 1.06. The van der Waals surface area contributed by atoms with Gasteiger partial charge < -0.3 is 90.6 Å². The van der Waals surface area contributed by atoms with Crippen molar-refractivity contribution in [1.29, 1.82) is 0 Å². The number of phenols is 1. The number of aliphatic hydroxyl groups excluding tert-OH is 6. The van der Waals surface area contributed by atoms with Crippen molar-refractivity contribution in [1.82, 2.24) is 51.0 Å². The maximum atomic E-state index is 14.6. The van der Waals surface area contributed by atoms with E-state index in [1.165, 1.54) is 36.5 Å². The largest absolute Gasteiger partial charge is 0.504 e. The number of unbranched alkanes of at least 4 members (excludes halogenated alkanes) is 1. The molecule has 5 aromatic rings. The van der Waals surface area contributed by atoms with Crippen molar-refractivity contribution < 1.29 is 97.6 Å². The lowest BCUT2D eigenvalue weighted by Gasteiger charge is -2.33. The number of nitrogens with one attached hydrogen (secondary N) is 5. The number of β-amino-alcohol motifs (C(OH)–C–C–N with tert-alkyl or cyclic N) is 1. The number of aliphatic hydroxyl groups is 6. The summed E-state index contributed by atoms with van der Waals surface area (Å²) >= 11 is 1.42. The van der Waals surface area contributed by atoms with Crippen molar-refractivity contribution in [3.8, 4) is 39.1 Å². The number of ether oxygens (including phenoxy) is 2. The molecule has 0 radical (unpaired) electrons. The van der Waals surface area contributed by atoms with E-state index in [-0.39, 0.29) is 35.7 Å². The lowest BCUT2D eigenvalue weighted by Crippen LogP contribution is -2.64. The summed E-state index contributed by atoms with van der Waals surface area (Å²) in [5.74, 6) is -8.95. The van der Waals surface area contributed by atoms with Crippen LogP contribution in [0.1, 0.15) is 55.5 Å². The molecule has 3 fully saturated rings. The topological polar surface area (TPSA) is 429 Å². The van der Waals surface area contributed by atoms with Crippen LogP contribution >= 0.6 is 23.7 Å². The van der Waals surface area contributed by atoms with E-state index in [1.807, 2.05) is 24.3 Å². The molecule has 3 aromatic carbocycles. The Labute approximate surface area is 522 Å². The third-order valence-electron chi connectivity index (χ3n) is 15.3.